The summed E-state index contributed by atoms with van der Waals surface area (Å²) in [6, 6.07) is 10.6. The number of pyridine rings is 1. The molecule has 1 amide bonds. The largest absolute Gasteiger partial charge is 0.366 e. The number of nitrogens with zero attached hydrogens (tertiary/aromatic N) is 2. The zero-order chi connectivity index (χ0) is 16.4. The molecule has 3 rings (SSSR count). The number of aryl methyl sites for hydroxylation is 1. The minimum atomic E-state index is -0.511. The lowest BCUT2D eigenvalue weighted by Crippen LogP contribution is -2.32. The van der Waals surface area contributed by atoms with Crippen molar-refractivity contribution in [3.63, 3.8) is 0 Å². The minimum Gasteiger partial charge on any atom is -0.366 e. The van der Waals surface area contributed by atoms with E-state index in [2.05, 4.69) is 41.1 Å². The highest BCUT2D eigenvalue weighted by Gasteiger charge is 2.27. The second-order valence-electron chi connectivity index (χ2n) is 6.07. The molecule has 0 bridgehead atoms. The third-order valence-corrected chi connectivity index (χ3v) is 4.63. The first-order chi connectivity index (χ1) is 11.0. The van der Waals surface area contributed by atoms with Gasteiger partial charge in [0.05, 0.1) is 10.6 Å². The van der Waals surface area contributed by atoms with Gasteiger partial charge in [-0.3, -0.25) is 4.79 Å². The smallest absolute Gasteiger partial charge is 0.250 e. The maximum Gasteiger partial charge on any atom is 0.250 e. The highest BCUT2D eigenvalue weighted by atomic mass is 35.5. The van der Waals surface area contributed by atoms with Crippen LogP contribution in [-0.4, -0.2) is 23.5 Å². The van der Waals surface area contributed by atoms with Gasteiger partial charge in [-0.1, -0.05) is 41.4 Å². The van der Waals surface area contributed by atoms with E-state index in [4.69, 9.17) is 17.3 Å². The number of hydrogen-bond donors (Lipinski definition) is 1. The number of halogens is 1. The van der Waals surface area contributed by atoms with Gasteiger partial charge in [-0.15, -0.1) is 0 Å². The summed E-state index contributed by atoms with van der Waals surface area (Å²) in [4.78, 5) is 17.9. The normalized spacial score (nSPS) is 17.5. The summed E-state index contributed by atoms with van der Waals surface area (Å²) in [6.07, 6.45) is 4.70. The lowest BCUT2D eigenvalue weighted by atomic mass is 10.0. The molecule has 0 aliphatic carbocycles. The van der Waals surface area contributed by atoms with E-state index in [1.807, 2.05) is 0 Å². The van der Waals surface area contributed by atoms with Crippen LogP contribution in [0.3, 0.4) is 0 Å². The highest BCUT2D eigenvalue weighted by molar-refractivity contribution is 6.33. The average Bonchev–Trinajstić information content (AvgIpc) is 2.97. The molecule has 120 valence electrons. The van der Waals surface area contributed by atoms with Crippen LogP contribution in [0.4, 0.5) is 5.82 Å². The van der Waals surface area contributed by atoms with E-state index < -0.39 is 5.91 Å². The van der Waals surface area contributed by atoms with E-state index in [-0.39, 0.29) is 0 Å². The number of nitrogens with two attached hydrogens (primary N) is 1. The molecular formula is C18H20ClN3O. The first-order valence-corrected chi connectivity index (χ1v) is 8.20. The number of rotatable bonds is 4. The topological polar surface area (TPSA) is 59.2 Å². The van der Waals surface area contributed by atoms with Gasteiger partial charge in [-0.25, -0.2) is 4.98 Å². The number of aromatic nitrogens is 1. The Labute approximate surface area is 141 Å². The van der Waals surface area contributed by atoms with Crippen molar-refractivity contribution in [1.82, 2.24) is 4.98 Å². The minimum absolute atomic E-state index is 0.341. The number of primary amides is 1. The predicted octanol–water partition coefficient (Wildman–Crippen LogP) is 3.35. The van der Waals surface area contributed by atoms with E-state index in [9.17, 15) is 4.79 Å². The maximum atomic E-state index is 11.2. The molecular weight excluding hydrogens is 310 g/mol. The van der Waals surface area contributed by atoms with E-state index in [0.717, 1.165) is 31.6 Å². The second kappa shape index (κ2) is 6.59. The number of anilines is 1. The van der Waals surface area contributed by atoms with Crippen LogP contribution in [0, 0.1) is 6.92 Å². The average molecular weight is 330 g/mol. The molecule has 0 unspecified atom stereocenters. The SMILES string of the molecule is Cc1ccc(C[C@@H]2CCCN2c2ncc(C(N)=O)cc2Cl)cc1. The molecule has 1 aromatic heterocycles. The van der Waals surface area contributed by atoms with E-state index in [0.29, 0.717) is 16.6 Å². The standard InChI is InChI=1S/C18H20ClN3O/c1-12-4-6-13(7-5-12)9-15-3-2-8-22(15)18-16(19)10-14(11-21-18)17(20)23/h4-7,10-11,15H,2-3,8-9H2,1H3,(H2,20,23)/t15-/m0/s1. The molecule has 1 fully saturated rings. The molecule has 0 saturated carbocycles. The maximum absolute atomic E-state index is 11.2. The Bertz CT molecular complexity index is 715. The van der Waals surface area contributed by atoms with Crippen molar-refractivity contribution in [2.24, 2.45) is 5.73 Å². The fourth-order valence-electron chi connectivity index (χ4n) is 3.10. The van der Waals surface area contributed by atoms with Gasteiger partial charge in [-0.2, -0.15) is 0 Å². The van der Waals surface area contributed by atoms with Crippen LogP contribution < -0.4 is 10.6 Å². The lowest BCUT2D eigenvalue weighted by molar-refractivity contribution is 0.1000. The molecule has 2 N–H and O–H groups in total. The molecule has 0 spiro atoms. The molecule has 1 aliphatic heterocycles. The molecule has 1 aromatic carbocycles. The Morgan fingerprint density at radius 2 is 2.13 bits per heavy atom. The second-order valence-corrected chi connectivity index (χ2v) is 6.48. The van der Waals surface area contributed by atoms with Crippen molar-refractivity contribution >= 4 is 23.3 Å². The molecule has 0 radical (unpaired) electrons. The molecule has 23 heavy (non-hydrogen) atoms. The van der Waals surface area contributed by atoms with Crippen LogP contribution in [-0.2, 0) is 6.42 Å². The fraction of sp³-hybridized carbons (Fsp3) is 0.333. The lowest BCUT2D eigenvalue weighted by Gasteiger charge is -2.27. The Hall–Kier alpha value is -2.07. The Balaban J connectivity index is 1.81. The first kappa shape index (κ1) is 15.8. The van der Waals surface area contributed by atoms with Crippen LogP contribution in [0.25, 0.3) is 0 Å². The van der Waals surface area contributed by atoms with Gasteiger partial charge in [0.25, 0.3) is 0 Å². The van der Waals surface area contributed by atoms with E-state index in [1.165, 1.54) is 17.3 Å². The van der Waals surface area contributed by atoms with Crippen molar-refractivity contribution in [3.8, 4) is 0 Å². The predicted molar refractivity (Wildman–Crippen MR) is 93.0 cm³/mol. The van der Waals surface area contributed by atoms with Gasteiger partial charge in [0.15, 0.2) is 0 Å². The summed E-state index contributed by atoms with van der Waals surface area (Å²) in [5, 5.41) is 0.483. The third kappa shape index (κ3) is 3.48. The molecule has 2 aromatic rings. The summed E-state index contributed by atoms with van der Waals surface area (Å²) in [5.74, 6) is 0.231. The quantitative estimate of drug-likeness (QED) is 0.935. The van der Waals surface area contributed by atoms with Gasteiger partial charge >= 0.3 is 0 Å². The zero-order valence-corrected chi connectivity index (χ0v) is 13.9. The molecule has 2 heterocycles. The van der Waals surface area contributed by atoms with E-state index in [1.54, 1.807) is 6.07 Å². The first-order valence-electron chi connectivity index (χ1n) is 7.82. The van der Waals surface area contributed by atoms with Gasteiger partial charge in [0, 0.05) is 18.8 Å². The molecule has 4 nitrogen and oxygen atoms in total. The van der Waals surface area contributed by atoms with Gasteiger partial charge < -0.3 is 10.6 Å². The van der Waals surface area contributed by atoms with Crippen LogP contribution >= 0.6 is 11.6 Å². The van der Waals surface area contributed by atoms with Crippen LogP contribution in [0.1, 0.15) is 34.3 Å². The van der Waals surface area contributed by atoms with Crippen LogP contribution in [0.2, 0.25) is 5.02 Å². The van der Waals surface area contributed by atoms with Gasteiger partial charge in [-0.05, 0) is 37.8 Å². The van der Waals surface area contributed by atoms with Crippen LogP contribution in [0.5, 0.6) is 0 Å². The Kier molecular flexibility index (Phi) is 4.53. The van der Waals surface area contributed by atoms with Gasteiger partial charge in [0.2, 0.25) is 5.91 Å². The summed E-state index contributed by atoms with van der Waals surface area (Å²) in [5.41, 5.74) is 8.20. The van der Waals surface area contributed by atoms with Crippen molar-refractivity contribution < 1.29 is 4.79 Å². The molecule has 1 atom stereocenters. The van der Waals surface area contributed by atoms with Gasteiger partial charge in [0.1, 0.15) is 5.82 Å². The number of benzene rings is 1. The van der Waals surface area contributed by atoms with Crippen LogP contribution in [0.15, 0.2) is 36.5 Å². The van der Waals surface area contributed by atoms with Crippen molar-refractivity contribution in [2.45, 2.75) is 32.2 Å². The zero-order valence-electron chi connectivity index (χ0n) is 13.1. The Morgan fingerprint density at radius 1 is 1.39 bits per heavy atom. The molecule has 1 aliphatic rings. The number of carbonyl (C=O) groups excluding carboxylic acids is 1. The summed E-state index contributed by atoms with van der Waals surface area (Å²) in [7, 11) is 0. The number of hydrogen-bond acceptors (Lipinski definition) is 3. The highest BCUT2D eigenvalue weighted by Crippen LogP contribution is 2.31. The van der Waals surface area contributed by atoms with Crippen molar-refractivity contribution in [3.05, 3.63) is 58.2 Å². The summed E-state index contributed by atoms with van der Waals surface area (Å²) >= 11 is 6.33. The summed E-state index contributed by atoms with van der Waals surface area (Å²) < 4.78 is 0. The molecule has 5 heteroatoms. The van der Waals surface area contributed by atoms with Crippen molar-refractivity contribution in [2.75, 3.05) is 11.4 Å². The van der Waals surface area contributed by atoms with Crippen molar-refractivity contribution in [1.29, 1.82) is 0 Å². The fourth-order valence-corrected chi connectivity index (χ4v) is 3.37. The van der Waals surface area contributed by atoms with E-state index >= 15 is 0 Å². The monoisotopic (exact) mass is 329 g/mol. The number of amides is 1. The number of carbonyl (C=O) groups is 1. The Morgan fingerprint density at radius 3 is 2.78 bits per heavy atom. The molecule has 1 saturated heterocycles. The third-order valence-electron chi connectivity index (χ3n) is 4.35. The summed E-state index contributed by atoms with van der Waals surface area (Å²) in [6.45, 7) is 3.02.